The minimum Gasteiger partial charge on any atom is -0.360 e. The van der Waals surface area contributed by atoms with Crippen LogP contribution in [-0.2, 0) is 0 Å². The fourth-order valence-electron chi connectivity index (χ4n) is 2.48. The highest BCUT2D eigenvalue weighted by atomic mass is 35.5. The van der Waals surface area contributed by atoms with Crippen LogP contribution >= 0.6 is 11.6 Å². The second kappa shape index (κ2) is 4.46. The molecule has 1 N–H and O–H groups in total. The van der Waals surface area contributed by atoms with Crippen LogP contribution in [0.4, 0.5) is 0 Å². The Morgan fingerprint density at radius 3 is 2.71 bits per heavy atom. The lowest BCUT2D eigenvalue weighted by Crippen LogP contribution is -2.14. The largest absolute Gasteiger partial charge is 0.360 e. The second-order valence-corrected chi connectivity index (χ2v) is 5.23. The number of halogens is 1. The van der Waals surface area contributed by atoms with Gasteiger partial charge in [0.25, 0.3) is 5.56 Å². The van der Waals surface area contributed by atoms with Crippen molar-refractivity contribution in [3.05, 3.63) is 70.1 Å². The average molecular weight is 296 g/mol. The molecule has 2 aromatic carbocycles. The highest BCUT2D eigenvalue weighted by molar-refractivity contribution is 6.31. The van der Waals surface area contributed by atoms with Gasteiger partial charge >= 0.3 is 0 Å². The molecule has 0 atom stereocenters. The first-order chi connectivity index (χ1) is 10.2. The van der Waals surface area contributed by atoms with Crippen LogP contribution in [0.1, 0.15) is 0 Å². The van der Waals surface area contributed by atoms with E-state index in [2.05, 4.69) is 10.1 Å². The summed E-state index contributed by atoms with van der Waals surface area (Å²) in [7, 11) is 0. The summed E-state index contributed by atoms with van der Waals surface area (Å²) in [5.74, 6) is 0. The predicted molar refractivity (Wildman–Crippen MR) is 83.3 cm³/mol. The van der Waals surface area contributed by atoms with Crippen LogP contribution in [0.15, 0.2) is 59.5 Å². The number of hydrogen-bond donors (Lipinski definition) is 1. The molecule has 0 aliphatic carbocycles. The van der Waals surface area contributed by atoms with Gasteiger partial charge in [0.1, 0.15) is 5.69 Å². The Morgan fingerprint density at radius 1 is 1.10 bits per heavy atom. The van der Waals surface area contributed by atoms with E-state index >= 15 is 0 Å². The number of benzene rings is 2. The van der Waals surface area contributed by atoms with Gasteiger partial charge in [-0.25, -0.2) is 0 Å². The lowest BCUT2D eigenvalue weighted by molar-refractivity contribution is 0.859. The van der Waals surface area contributed by atoms with Crippen LogP contribution in [0.5, 0.6) is 0 Å². The summed E-state index contributed by atoms with van der Waals surface area (Å²) in [5.41, 5.74) is 2.70. The lowest BCUT2D eigenvalue weighted by Gasteiger charge is -2.02. The zero-order valence-corrected chi connectivity index (χ0v) is 11.6. The molecular weight excluding hydrogens is 286 g/mol. The molecule has 4 rings (SSSR count). The van der Waals surface area contributed by atoms with Crippen molar-refractivity contribution in [1.29, 1.82) is 0 Å². The molecule has 0 saturated carbocycles. The fraction of sp³-hybridized carbons (Fsp3) is 0. The van der Waals surface area contributed by atoms with E-state index in [0.29, 0.717) is 16.3 Å². The predicted octanol–water partition coefficient (Wildman–Crippen LogP) is 3.47. The maximum Gasteiger partial charge on any atom is 0.282 e. The molecule has 0 bridgehead atoms. The van der Waals surface area contributed by atoms with E-state index < -0.39 is 0 Å². The topological polar surface area (TPSA) is 50.7 Å². The van der Waals surface area contributed by atoms with Gasteiger partial charge in [0.05, 0.1) is 11.3 Å². The smallest absolute Gasteiger partial charge is 0.282 e. The minimum absolute atomic E-state index is 0.144. The van der Waals surface area contributed by atoms with Crippen LogP contribution in [0.25, 0.3) is 27.8 Å². The van der Waals surface area contributed by atoms with Crippen molar-refractivity contribution in [2.24, 2.45) is 0 Å². The number of nitrogens with one attached hydrogen (secondary N) is 1. The maximum atomic E-state index is 12.5. The lowest BCUT2D eigenvalue weighted by atomic mass is 10.1. The molecule has 2 aliphatic rings. The minimum atomic E-state index is -0.144. The van der Waals surface area contributed by atoms with Crippen molar-refractivity contribution in [3.63, 3.8) is 0 Å². The maximum absolute atomic E-state index is 12.5. The summed E-state index contributed by atoms with van der Waals surface area (Å²) in [6, 6.07) is 14.9. The number of fused-ring (bicyclic) bond motifs is 3. The molecule has 0 fully saturated rings. The first-order valence-corrected chi connectivity index (χ1v) is 6.87. The summed E-state index contributed by atoms with van der Waals surface area (Å²) in [6.07, 6.45) is 1.69. The number of para-hydroxylation sites is 1. The molecule has 0 saturated heterocycles. The fourth-order valence-corrected chi connectivity index (χ4v) is 2.65. The highest BCUT2D eigenvalue weighted by Crippen LogP contribution is 2.28. The van der Waals surface area contributed by atoms with Gasteiger partial charge in [-0.05, 0) is 30.3 Å². The molecule has 0 aromatic heterocycles. The molecule has 102 valence electrons. The third-order valence-electron chi connectivity index (χ3n) is 3.49. The molecule has 2 aliphatic heterocycles. The van der Waals surface area contributed by atoms with Gasteiger partial charge in [-0.15, -0.1) is 0 Å². The van der Waals surface area contributed by atoms with Gasteiger partial charge < -0.3 is 4.98 Å². The van der Waals surface area contributed by atoms with Crippen LogP contribution < -0.4 is 5.56 Å². The SMILES string of the molecule is O=c1c2c[nH]c3ccc(Cl)cc3c-2nn1-c1ccccc1. The van der Waals surface area contributed by atoms with E-state index in [1.54, 1.807) is 12.3 Å². The van der Waals surface area contributed by atoms with Crippen LogP contribution in [0.2, 0.25) is 5.02 Å². The number of aromatic amines is 1. The molecule has 4 nitrogen and oxygen atoms in total. The van der Waals surface area contributed by atoms with Gasteiger partial charge in [0.15, 0.2) is 0 Å². The van der Waals surface area contributed by atoms with E-state index in [1.807, 2.05) is 42.5 Å². The third kappa shape index (κ3) is 1.84. The number of H-pyrrole nitrogens is 1. The summed E-state index contributed by atoms with van der Waals surface area (Å²) in [6.45, 7) is 0. The molecule has 0 unspecified atom stereocenters. The third-order valence-corrected chi connectivity index (χ3v) is 3.72. The van der Waals surface area contributed by atoms with E-state index in [1.165, 1.54) is 4.68 Å². The Balaban J connectivity index is 2.10. The standard InChI is InChI=1S/C16H10ClN3O/c17-10-6-7-14-12(8-10)15-13(9-18-14)16(21)20(19-15)11-4-2-1-3-5-11/h1-9,18H. The summed E-state index contributed by atoms with van der Waals surface area (Å²) in [4.78, 5) is 15.6. The van der Waals surface area contributed by atoms with Crippen molar-refractivity contribution < 1.29 is 0 Å². The second-order valence-electron chi connectivity index (χ2n) is 4.79. The van der Waals surface area contributed by atoms with Crippen molar-refractivity contribution in [2.45, 2.75) is 0 Å². The summed E-state index contributed by atoms with van der Waals surface area (Å²) < 4.78 is 1.42. The summed E-state index contributed by atoms with van der Waals surface area (Å²) in [5, 5.41) is 5.93. The Morgan fingerprint density at radius 2 is 1.90 bits per heavy atom. The molecular formula is C16H10ClN3O. The normalized spacial score (nSPS) is 11.3. The Hall–Kier alpha value is -2.59. The zero-order chi connectivity index (χ0) is 14.4. The van der Waals surface area contributed by atoms with Gasteiger partial charge in [-0.1, -0.05) is 29.8 Å². The molecule has 2 aromatic rings. The average Bonchev–Trinajstić information content (AvgIpc) is 2.86. The first kappa shape index (κ1) is 12.2. The molecule has 5 heteroatoms. The monoisotopic (exact) mass is 295 g/mol. The summed E-state index contributed by atoms with van der Waals surface area (Å²) >= 11 is 6.06. The highest BCUT2D eigenvalue weighted by Gasteiger charge is 2.18. The van der Waals surface area contributed by atoms with E-state index in [0.717, 1.165) is 16.6 Å². The number of rotatable bonds is 1. The van der Waals surface area contributed by atoms with Crippen molar-refractivity contribution >= 4 is 22.5 Å². The van der Waals surface area contributed by atoms with E-state index in [4.69, 9.17) is 11.6 Å². The quantitative estimate of drug-likeness (QED) is 0.584. The Bertz CT molecular complexity index is 972. The van der Waals surface area contributed by atoms with Gasteiger partial charge in [-0.3, -0.25) is 4.79 Å². The molecule has 2 heterocycles. The molecule has 0 spiro atoms. The van der Waals surface area contributed by atoms with Crippen molar-refractivity contribution in [2.75, 3.05) is 0 Å². The van der Waals surface area contributed by atoms with Crippen molar-refractivity contribution in [1.82, 2.24) is 14.8 Å². The number of nitrogens with zero attached hydrogens (tertiary/aromatic N) is 2. The van der Waals surface area contributed by atoms with Crippen LogP contribution in [0, 0.1) is 0 Å². The van der Waals surface area contributed by atoms with Crippen LogP contribution in [-0.4, -0.2) is 14.8 Å². The molecule has 0 radical (unpaired) electrons. The van der Waals surface area contributed by atoms with E-state index in [9.17, 15) is 4.79 Å². The van der Waals surface area contributed by atoms with Crippen molar-refractivity contribution in [3.8, 4) is 16.9 Å². The Labute approximate surface area is 124 Å². The molecule has 0 amide bonds. The Kier molecular flexibility index (Phi) is 2.59. The van der Waals surface area contributed by atoms with Gasteiger partial charge in [0, 0.05) is 22.1 Å². The van der Waals surface area contributed by atoms with Crippen LogP contribution in [0.3, 0.4) is 0 Å². The van der Waals surface area contributed by atoms with Gasteiger partial charge in [-0.2, -0.15) is 9.78 Å². The van der Waals surface area contributed by atoms with Gasteiger partial charge in [0.2, 0.25) is 0 Å². The molecule has 21 heavy (non-hydrogen) atoms. The first-order valence-electron chi connectivity index (χ1n) is 6.49. The zero-order valence-electron chi connectivity index (χ0n) is 10.9. The number of pyridine rings is 1. The van der Waals surface area contributed by atoms with E-state index in [-0.39, 0.29) is 5.56 Å². The number of aromatic nitrogens is 3. The number of hydrogen-bond acceptors (Lipinski definition) is 2.